The Morgan fingerprint density at radius 1 is 1.14 bits per heavy atom. The third kappa shape index (κ3) is 5.00. The summed E-state index contributed by atoms with van der Waals surface area (Å²) in [6, 6.07) is 7.51. The lowest BCUT2D eigenvalue weighted by Gasteiger charge is -2.05. The molecule has 1 amide bonds. The summed E-state index contributed by atoms with van der Waals surface area (Å²) in [5.41, 5.74) is 1.75. The minimum atomic E-state index is -0.826. The number of carboxylic acids is 1. The number of thiazole rings is 1. The first-order valence-electron chi connectivity index (χ1n) is 6.67. The van der Waals surface area contributed by atoms with Crippen molar-refractivity contribution in [3.63, 3.8) is 0 Å². The zero-order valence-corrected chi connectivity index (χ0v) is 12.2. The number of hydrogen-bond acceptors (Lipinski definition) is 4. The number of unbranched alkanes of at least 4 members (excludes halogenated alkanes) is 1. The summed E-state index contributed by atoms with van der Waals surface area (Å²) in [5, 5.41) is 14.2. The molecule has 0 saturated carbocycles. The summed E-state index contributed by atoms with van der Waals surface area (Å²) < 4.78 is 0. The normalized spacial score (nSPS) is 10.3. The second-order valence-electron chi connectivity index (χ2n) is 4.56. The highest BCUT2D eigenvalue weighted by Gasteiger charge is 2.05. The van der Waals surface area contributed by atoms with Crippen molar-refractivity contribution in [3.05, 3.63) is 35.8 Å². The van der Waals surface area contributed by atoms with E-state index in [2.05, 4.69) is 10.3 Å². The van der Waals surface area contributed by atoms with Crippen molar-refractivity contribution < 1.29 is 14.7 Å². The molecule has 6 heteroatoms. The molecule has 2 rings (SSSR count). The van der Waals surface area contributed by atoms with Gasteiger partial charge in [0.25, 0.3) is 0 Å². The van der Waals surface area contributed by atoms with Crippen LogP contribution in [0.1, 0.15) is 25.7 Å². The van der Waals surface area contributed by atoms with E-state index < -0.39 is 5.97 Å². The van der Waals surface area contributed by atoms with E-state index in [1.165, 1.54) is 0 Å². The molecule has 0 fully saturated rings. The molecule has 0 spiro atoms. The van der Waals surface area contributed by atoms with Gasteiger partial charge in [-0.05, 0) is 37.1 Å². The van der Waals surface area contributed by atoms with Crippen LogP contribution in [0.5, 0.6) is 0 Å². The number of aromatic nitrogens is 1. The molecule has 0 radical (unpaired) electrons. The molecular formula is C15H16N2O3S. The Balaban J connectivity index is 1.80. The lowest BCUT2D eigenvalue weighted by Crippen LogP contribution is -2.11. The molecule has 2 N–H and O–H groups in total. The molecule has 0 atom stereocenters. The number of nitrogens with one attached hydrogen (secondary N) is 1. The smallest absolute Gasteiger partial charge is 0.303 e. The van der Waals surface area contributed by atoms with E-state index in [1.807, 2.05) is 29.6 Å². The van der Waals surface area contributed by atoms with Crippen LogP contribution < -0.4 is 5.32 Å². The van der Waals surface area contributed by atoms with Crippen LogP contribution in [0.2, 0.25) is 0 Å². The van der Waals surface area contributed by atoms with Crippen molar-refractivity contribution in [1.29, 1.82) is 0 Å². The quantitative estimate of drug-likeness (QED) is 0.768. The van der Waals surface area contributed by atoms with E-state index in [0.29, 0.717) is 19.3 Å². The fraction of sp³-hybridized carbons (Fsp3) is 0.267. The van der Waals surface area contributed by atoms with Crippen LogP contribution in [-0.4, -0.2) is 22.0 Å². The molecule has 5 nitrogen and oxygen atoms in total. The van der Waals surface area contributed by atoms with Gasteiger partial charge in [0.1, 0.15) is 5.01 Å². The van der Waals surface area contributed by atoms with Crippen LogP contribution in [-0.2, 0) is 9.59 Å². The number of aliphatic carboxylic acids is 1. The van der Waals surface area contributed by atoms with Crippen LogP contribution in [0.4, 0.5) is 5.69 Å². The Morgan fingerprint density at radius 3 is 2.48 bits per heavy atom. The monoisotopic (exact) mass is 304 g/mol. The Morgan fingerprint density at radius 2 is 1.86 bits per heavy atom. The Bertz CT molecular complexity index is 594. The van der Waals surface area contributed by atoms with E-state index in [0.717, 1.165) is 16.3 Å². The van der Waals surface area contributed by atoms with Gasteiger partial charge < -0.3 is 10.4 Å². The van der Waals surface area contributed by atoms with Gasteiger partial charge in [-0.3, -0.25) is 9.59 Å². The second kappa shape index (κ2) is 7.54. The number of carboxylic acid groups (broad SMARTS) is 1. The van der Waals surface area contributed by atoms with E-state index in [1.54, 1.807) is 17.5 Å². The lowest BCUT2D eigenvalue weighted by atomic mass is 10.1. The molecule has 1 aromatic carbocycles. The first-order chi connectivity index (χ1) is 10.1. The average molecular weight is 304 g/mol. The van der Waals surface area contributed by atoms with E-state index in [-0.39, 0.29) is 12.3 Å². The van der Waals surface area contributed by atoms with Crippen LogP contribution >= 0.6 is 11.3 Å². The lowest BCUT2D eigenvalue weighted by molar-refractivity contribution is -0.137. The third-order valence-electron chi connectivity index (χ3n) is 2.89. The van der Waals surface area contributed by atoms with Crippen molar-refractivity contribution in [3.8, 4) is 10.6 Å². The number of nitrogens with zero attached hydrogens (tertiary/aromatic N) is 1. The molecule has 0 unspecified atom stereocenters. The van der Waals surface area contributed by atoms with Gasteiger partial charge in [0.05, 0.1) is 0 Å². The van der Waals surface area contributed by atoms with Crippen molar-refractivity contribution in [2.24, 2.45) is 0 Å². The van der Waals surface area contributed by atoms with Gasteiger partial charge in [0.2, 0.25) is 5.91 Å². The Labute approximate surface area is 126 Å². The molecule has 0 bridgehead atoms. The Hall–Kier alpha value is -2.21. The molecule has 110 valence electrons. The second-order valence-corrected chi connectivity index (χ2v) is 5.46. The summed E-state index contributed by atoms with van der Waals surface area (Å²) >= 11 is 1.57. The van der Waals surface area contributed by atoms with Gasteiger partial charge >= 0.3 is 5.97 Å². The van der Waals surface area contributed by atoms with Gasteiger partial charge in [-0.1, -0.05) is 0 Å². The van der Waals surface area contributed by atoms with Crippen LogP contribution in [0, 0.1) is 0 Å². The van der Waals surface area contributed by atoms with Crippen molar-refractivity contribution in [2.75, 3.05) is 5.32 Å². The maximum atomic E-state index is 11.7. The summed E-state index contributed by atoms with van der Waals surface area (Å²) in [6.07, 6.45) is 3.30. The molecule has 0 saturated heterocycles. The van der Waals surface area contributed by atoms with Crippen LogP contribution in [0.3, 0.4) is 0 Å². The third-order valence-corrected chi connectivity index (χ3v) is 3.71. The minimum absolute atomic E-state index is 0.0950. The number of amides is 1. The highest BCUT2D eigenvalue weighted by molar-refractivity contribution is 7.13. The molecule has 0 aliphatic rings. The highest BCUT2D eigenvalue weighted by Crippen LogP contribution is 2.23. The summed E-state index contributed by atoms with van der Waals surface area (Å²) in [5.74, 6) is -0.921. The number of benzene rings is 1. The molecule has 0 aliphatic heterocycles. The largest absolute Gasteiger partial charge is 0.481 e. The fourth-order valence-corrected chi connectivity index (χ4v) is 2.49. The van der Waals surface area contributed by atoms with Gasteiger partial charge in [-0.25, -0.2) is 4.98 Å². The summed E-state index contributed by atoms with van der Waals surface area (Å²) in [7, 11) is 0. The first kappa shape index (κ1) is 15.2. The predicted octanol–water partition coefficient (Wildman–Crippen LogP) is 3.39. The number of hydrogen-bond donors (Lipinski definition) is 2. The SMILES string of the molecule is O=C(O)CCCCC(=O)Nc1ccc(-c2nccs2)cc1. The van der Waals surface area contributed by atoms with Crippen LogP contribution in [0.15, 0.2) is 35.8 Å². The fourth-order valence-electron chi connectivity index (χ4n) is 1.85. The molecule has 0 aliphatic carbocycles. The standard InChI is InChI=1S/C15H16N2O3S/c18-13(3-1-2-4-14(19)20)17-12-7-5-11(6-8-12)15-16-9-10-21-15/h5-10H,1-4H2,(H,17,18)(H,19,20). The highest BCUT2D eigenvalue weighted by atomic mass is 32.1. The number of carbonyl (C=O) groups excluding carboxylic acids is 1. The molecule has 21 heavy (non-hydrogen) atoms. The first-order valence-corrected chi connectivity index (χ1v) is 7.54. The zero-order valence-electron chi connectivity index (χ0n) is 11.4. The van der Waals surface area contributed by atoms with Gasteiger partial charge in [0, 0.05) is 35.7 Å². The average Bonchev–Trinajstić information content (AvgIpc) is 2.98. The van der Waals surface area contributed by atoms with Crippen molar-refractivity contribution in [2.45, 2.75) is 25.7 Å². The van der Waals surface area contributed by atoms with Crippen LogP contribution in [0.25, 0.3) is 10.6 Å². The molecular weight excluding hydrogens is 288 g/mol. The predicted molar refractivity (Wildman–Crippen MR) is 82.3 cm³/mol. The molecule has 1 heterocycles. The zero-order chi connectivity index (χ0) is 15.1. The number of anilines is 1. The van der Waals surface area contributed by atoms with Gasteiger partial charge in [-0.15, -0.1) is 11.3 Å². The topological polar surface area (TPSA) is 79.3 Å². The maximum absolute atomic E-state index is 11.7. The minimum Gasteiger partial charge on any atom is -0.481 e. The van der Waals surface area contributed by atoms with Gasteiger partial charge in [-0.2, -0.15) is 0 Å². The van der Waals surface area contributed by atoms with E-state index >= 15 is 0 Å². The maximum Gasteiger partial charge on any atom is 0.303 e. The molecule has 1 aromatic heterocycles. The number of carbonyl (C=O) groups is 2. The van der Waals surface area contributed by atoms with Crippen molar-refractivity contribution in [1.82, 2.24) is 4.98 Å². The van der Waals surface area contributed by atoms with Crippen molar-refractivity contribution >= 4 is 28.9 Å². The Kier molecular flexibility index (Phi) is 5.45. The van der Waals surface area contributed by atoms with Gasteiger partial charge in [0.15, 0.2) is 0 Å². The number of rotatable bonds is 7. The summed E-state index contributed by atoms with van der Waals surface area (Å²) in [4.78, 5) is 26.3. The summed E-state index contributed by atoms with van der Waals surface area (Å²) in [6.45, 7) is 0. The van der Waals surface area contributed by atoms with E-state index in [4.69, 9.17) is 5.11 Å². The van der Waals surface area contributed by atoms with E-state index in [9.17, 15) is 9.59 Å². The molecule has 2 aromatic rings.